The summed E-state index contributed by atoms with van der Waals surface area (Å²) >= 11 is 0. The highest BCUT2D eigenvalue weighted by Crippen LogP contribution is 2.37. The fourth-order valence-corrected chi connectivity index (χ4v) is 2.53. The highest BCUT2D eigenvalue weighted by atomic mass is 14.9. The maximum absolute atomic E-state index is 4.64. The summed E-state index contributed by atoms with van der Waals surface area (Å²) in [5.74, 6) is 0.800. The van der Waals surface area contributed by atoms with Gasteiger partial charge in [0.2, 0.25) is 0 Å². The van der Waals surface area contributed by atoms with Crippen LogP contribution in [-0.2, 0) is 0 Å². The van der Waals surface area contributed by atoms with E-state index in [4.69, 9.17) is 0 Å². The molecule has 1 aromatic rings. The molecule has 0 spiro atoms. The Balaban J connectivity index is 2.23. The molecule has 1 N–H and O–H groups in total. The second kappa shape index (κ2) is 4.96. The van der Waals surface area contributed by atoms with E-state index in [0.29, 0.717) is 6.04 Å². The minimum absolute atomic E-state index is 0.472. The molecular weight excluding hydrogens is 196 g/mol. The molecular formula is C14H22N2. The van der Waals surface area contributed by atoms with Crippen molar-refractivity contribution in [1.82, 2.24) is 10.3 Å². The van der Waals surface area contributed by atoms with Gasteiger partial charge in [-0.25, -0.2) is 0 Å². The van der Waals surface area contributed by atoms with E-state index in [1.165, 1.54) is 36.1 Å². The van der Waals surface area contributed by atoms with Crippen LogP contribution in [-0.4, -0.2) is 11.5 Å². The van der Waals surface area contributed by atoms with Gasteiger partial charge in [-0.3, -0.25) is 4.98 Å². The lowest BCUT2D eigenvalue weighted by molar-refractivity contribution is 0.229. The van der Waals surface area contributed by atoms with Crippen LogP contribution in [0.5, 0.6) is 0 Å². The summed E-state index contributed by atoms with van der Waals surface area (Å²) in [6, 6.07) is 2.71. The third-order valence-corrected chi connectivity index (χ3v) is 3.60. The van der Waals surface area contributed by atoms with Crippen LogP contribution in [0.2, 0.25) is 0 Å². The Labute approximate surface area is 98.5 Å². The lowest BCUT2D eigenvalue weighted by Gasteiger charge is -2.34. The van der Waals surface area contributed by atoms with E-state index in [1.54, 1.807) is 0 Å². The third kappa shape index (κ3) is 2.27. The molecule has 2 heteroatoms. The number of nitrogens with one attached hydrogen (secondary N) is 1. The fraction of sp³-hybridized carbons (Fsp3) is 0.643. The average molecular weight is 218 g/mol. The molecule has 0 bridgehead atoms. The maximum Gasteiger partial charge on any atom is 0.0605 e. The predicted molar refractivity (Wildman–Crippen MR) is 67.5 cm³/mol. The van der Waals surface area contributed by atoms with Crippen LogP contribution in [0.1, 0.15) is 49.0 Å². The Morgan fingerprint density at radius 3 is 2.69 bits per heavy atom. The van der Waals surface area contributed by atoms with E-state index in [0.717, 1.165) is 12.5 Å². The summed E-state index contributed by atoms with van der Waals surface area (Å²) in [6.45, 7) is 7.49. The molecule has 1 fully saturated rings. The molecule has 0 saturated heterocycles. The highest BCUT2D eigenvalue weighted by Gasteiger charge is 2.29. The fourth-order valence-electron chi connectivity index (χ4n) is 2.53. The van der Waals surface area contributed by atoms with Gasteiger partial charge in [-0.05, 0) is 50.3 Å². The summed E-state index contributed by atoms with van der Waals surface area (Å²) in [4.78, 5) is 4.64. The van der Waals surface area contributed by atoms with Gasteiger partial charge in [-0.2, -0.15) is 0 Å². The normalized spacial score (nSPS) is 18.2. The average Bonchev–Trinajstić information content (AvgIpc) is 2.14. The Kier molecular flexibility index (Phi) is 3.59. The molecule has 16 heavy (non-hydrogen) atoms. The summed E-state index contributed by atoms with van der Waals surface area (Å²) in [5.41, 5.74) is 3.85. The topological polar surface area (TPSA) is 24.9 Å². The first-order valence-corrected chi connectivity index (χ1v) is 6.39. The second-order valence-electron chi connectivity index (χ2n) is 4.94. The Bertz CT molecular complexity index is 356. The summed E-state index contributed by atoms with van der Waals surface area (Å²) in [7, 11) is 0. The predicted octanol–water partition coefficient (Wildman–Crippen LogP) is 3.15. The lowest BCUT2D eigenvalue weighted by Crippen LogP contribution is -2.33. The Morgan fingerprint density at radius 1 is 1.44 bits per heavy atom. The van der Waals surface area contributed by atoms with Crippen molar-refractivity contribution in [3.8, 4) is 0 Å². The SMILES string of the molecule is CCNC(c1ncc(C)cc1C)C1CCC1. The van der Waals surface area contributed by atoms with Crippen molar-refractivity contribution >= 4 is 0 Å². The first kappa shape index (κ1) is 11.6. The van der Waals surface area contributed by atoms with Crippen LogP contribution in [0.4, 0.5) is 0 Å². The maximum atomic E-state index is 4.64. The van der Waals surface area contributed by atoms with E-state index in [2.05, 4.69) is 37.1 Å². The van der Waals surface area contributed by atoms with Crippen LogP contribution >= 0.6 is 0 Å². The van der Waals surface area contributed by atoms with Gasteiger partial charge in [0.05, 0.1) is 11.7 Å². The molecule has 1 unspecified atom stereocenters. The van der Waals surface area contributed by atoms with Crippen molar-refractivity contribution in [1.29, 1.82) is 0 Å². The summed E-state index contributed by atoms with van der Waals surface area (Å²) in [6.07, 6.45) is 6.09. The van der Waals surface area contributed by atoms with Crippen molar-refractivity contribution in [2.75, 3.05) is 6.54 Å². The largest absolute Gasteiger partial charge is 0.309 e. The Hall–Kier alpha value is -0.890. The van der Waals surface area contributed by atoms with Crippen LogP contribution in [0, 0.1) is 19.8 Å². The van der Waals surface area contributed by atoms with Crippen molar-refractivity contribution in [3.63, 3.8) is 0 Å². The van der Waals surface area contributed by atoms with Gasteiger partial charge in [-0.15, -0.1) is 0 Å². The zero-order chi connectivity index (χ0) is 11.5. The van der Waals surface area contributed by atoms with Crippen LogP contribution in [0.15, 0.2) is 12.3 Å². The van der Waals surface area contributed by atoms with Gasteiger partial charge in [0.25, 0.3) is 0 Å². The minimum Gasteiger partial charge on any atom is -0.309 e. The molecule has 1 atom stereocenters. The van der Waals surface area contributed by atoms with Gasteiger partial charge in [0.15, 0.2) is 0 Å². The van der Waals surface area contributed by atoms with Crippen LogP contribution < -0.4 is 5.32 Å². The smallest absolute Gasteiger partial charge is 0.0605 e. The van der Waals surface area contributed by atoms with Crippen molar-refractivity contribution < 1.29 is 0 Å². The number of aromatic nitrogens is 1. The van der Waals surface area contributed by atoms with Crippen molar-refractivity contribution in [3.05, 3.63) is 29.1 Å². The van der Waals surface area contributed by atoms with E-state index >= 15 is 0 Å². The lowest BCUT2D eigenvalue weighted by atomic mass is 9.77. The van der Waals surface area contributed by atoms with Gasteiger partial charge in [0.1, 0.15) is 0 Å². The molecule has 88 valence electrons. The number of aryl methyl sites for hydroxylation is 2. The van der Waals surface area contributed by atoms with Gasteiger partial charge in [-0.1, -0.05) is 19.4 Å². The van der Waals surface area contributed by atoms with Gasteiger partial charge >= 0.3 is 0 Å². The summed E-state index contributed by atoms with van der Waals surface area (Å²) < 4.78 is 0. The number of pyridine rings is 1. The first-order valence-electron chi connectivity index (χ1n) is 6.39. The standard InChI is InChI=1S/C14H22N2/c1-4-15-14(12-6-5-7-12)13-11(3)8-10(2)9-16-13/h8-9,12,14-15H,4-7H2,1-3H3. The molecule has 1 saturated carbocycles. The van der Waals surface area contributed by atoms with E-state index in [1.807, 2.05) is 6.20 Å². The molecule has 0 radical (unpaired) electrons. The van der Waals surface area contributed by atoms with E-state index in [9.17, 15) is 0 Å². The molecule has 2 rings (SSSR count). The molecule has 1 heterocycles. The number of hydrogen-bond donors (Lipinski definition) is 1. The van der Waals surface area contributed by atoms with Crippen LogP contribution in [0.25, 0.3) is 0 Å². The molecule has 1 aliphatic carbocycles. The quantitative estimate of drug-likeness (QED) is 0.839. The molecule has 0 amide bonds. The van der Waals surface area contributed by atoms with Crippen LogP contribution in [0.3, 0.4) is 0 Å². The number of nitrogens with zero attached hydrogens (tertiary/aromatic N) is 1. The number of rotatable bonds is 4. The molecule has 2 nitrogen and oxygen atoms in total. The molecule has 0 aromatic carbocycles. The van der Waals surface area contributed by atoms with Crippen molar-refractivity contribution in [2.45, 2.75) is 46.1 Å². The zero-order valence-electron chi connectivity index (χ0n) is 10.6. The van der Waals surface area contributed by atoms with Gasteiger partial charge in [0, 0.05) is 6.20 Å². The zero-order valence-corrected chi connectivity index (χ0v) is 10.6. The molecule has 0 aliphatic heterocycles. The minimum atomic E-state index is 0.472. The van der Waals surface area contributed by atoms with E-state index < -0.39 is 0 Å². The first-order chi connectivity index (χ1) is 7.72. The van der Waals surface area contributed by atoms with Crippen molar-refractivity contribution in [2.24, 2.45) is 5.92 Å². The third-order valence-electron chi connectivity index (χ3n) is 3.60. The molecule has 1 aliphatic rings. The monoisotopic (exact) mass is 218 g/mol. The number of hydrogen-bond acceptors (Lipinski definition) is 2. The molecule has 1 aromatic heterocycles. The van der Waals surface area contributed by atoms with Gasteiger partial charge < -0.3 is 5.32 Å². The summed E-state index contributed by atoms with van der Waals surface area (Å²) in [5, 5.41) is 3.60. The second-order valence-corrected chi connectivity index (χ2v) is 4.94. The Morgan fingerprint density at radius 2 is 2.19 bits per heavy atom. The highest BCUT2D eigenvalue weighted by molar-refractivity contribution is 5.26. The van der Waals surface area contributed by atoms with E-state index in [-0.39, 0.29) is 0 Å².